The van der Waals surface area contributed by atoms with Gasteiger partial charge in [0.2, 0.25) is 0 Å². The van der Waals surface area contributed by atoms with E-state index < -0.39 is 17.8 Å². The SMILES string of the molecule is O=C(Oc1ccc(C=NNC(=O)c2ccccc2O)c(OC(=O)c2ccccc2)c1)c1ccccc1. The van der Waals surface area contributed by atoms with Gasteiger partial charge < -0.3 is 14.6 Å². The number of carbonyl (C=O) groups excluding carboxylic acids is 3. The maximum atomic E-state index is 12.7. The minimum Gasteiger partial charge on any atom is -0.507 e. The van der Waals surface area contributed by atoms with Crippen molar-refractivity contribution in [2.75, 3.05) is 0 Å². The number of rotatable bonds is 7. The second kappa shape index (κ2) is 11.3. The molecule has 0 aliphatic carbocycles. The first-order valence-electron chi connectivity index (χ1n) is 10.8. The molecule has 0 aliphatic rings. The van der Waals surface area contributed by atoms with Crippen LogP contribution >= 0.6 is 0 Å². The van der Waals surface area contributed by atoms with Gasteiger partial charge in [-0.3, -0.25) is 4.79 Å². The molecule has 0 spiro atoms. The van der Waals surface area contributed by atoms with E-state index in [4.69, 9.17) is 9.47 Å². The number of carbonyl (C=O) groups is 3. The monoisotopic (exact) mass is 480 g/mol. The van der Waals surface area contributed by atoms with Gasteiger partial charge in [0, 0.05) is 11.6 Å². The van der Waals surface area contributed by atoms with Crippen molar-refractivity contribution >= 4 is 24.1 Å². The van der Waals surface area contributed by atoms with E-state index in [9.17, 15) is 19.5 Å². The molecule has 0 aromatic heterocycles. The number of nitrogens with zero attached hydrogens (tertiary/aromatic N) is 1. The molecule has 0 radical (unpaired) electrons. The van der Waals surface area contributed by atoms with E-state index in [1.165, 1.54) is 36.5 Å². The molecule has 178 valence electrons. The van der Waals surface area contributed by atoms with Gasteiger partial charge in [-0.25, -0.2) is 15.0 Å². The second-order valence-electron chi connectivity index (χ2n) is 7.43. The van der Waals surface area contributed by atoms with Crippen LogP contribution in [-0.2, 0) is 0 Å². The van der Waals surface area contributed by atoms with E-state index in [0.717, 1.165) is 0 Å². The summed E-state index contributed by atoms with van der Waals surface area (Å²) in [6, 6.07) is 27.3. The molecule has 0 saturated carbocycles. The predicted octanol–water partition coefficient (Wildman–Crippen LogP) is 4.59. The summed E-state index contributed by atoms with van der Waals surface area (Å²) in [5, 5.41) is 13.7. The number of benzene rings is 4. The van der Waals surface area contributed by atoms with Crippen molar-refractivity contribution in [2.24, 2.45) is 5.10 Å². The van der Waals surface area contributed by atoms with E-state index >= 15 is 0 Å². The molecule has 2 N–H and O–H groups in total. The van der Waals surface area contributed by atoms with Crippen LogP contribution in [-0.4, -0.2) is 29.2 Å². The molecule has 0 bridgehead atoms. The van der Waals surface area contributed by atoms with Crippen molar-refractivity contribution in [3.8, 4) is 17.2 Å². The van der Waals surface area contributed by atoms with Gasteiger partial charge in [-0.2, -0.15) is 5.10 Å². The Kier molecular flexibility index (Phi) is 7.47. The summed E-state index contributed by atoms with van der Waals surface area (Å²) in [6.07, 6.45) is 1.27. The van der Waals surface area contributed by atoms with Gasteiger partial charge in [0.25, 0.3) is 5.91 Å². The van der Waals surface area contributed by atoms with Gasteiger partial charge in [0.05, 0.1) is 22.9 Å². The number of esters is 2. The molecule has 8 nitrogen and oxygen atoms in total. The van der Waals surface area contributed by atoms with Gasteiger partial charge >= 0.3 is 11.9 Å². The molecular weight excluding hydrogens is 460 g/mol. The van der Waals surface area contributed by atoms with E-state index in [2.05, 4.69) is 10.5 Å². The molecule has 0 aliphatic heterocycles. The fourth-order valence-corrected chi connectivity index (χ4v) is 3.13. The zero-order valence-corrected chi connectivity index (χ0v) is 18.8. The molecule has 1 amide bonds. The van der Waals surface area contributed by atoms with Crippen LogP contribution in [0.1, 0.15) is 36.6 Å². The maximum absolute atomic E-state index is 12.7. The normalized spacial score (nSPS) is 10.6. The molecule has 0 saturated heterocycles. The van der Waals surface area contributed by atoms with Crippen LogP contribution in [0.25, 0.3) is 0 Å². The smallest absolute Gasteiger partial charge is 0.343 e. The zero-order chi connectivity index (χ0) is 25.3. The molecular formula is C28H20N2O6. The van der Waals surface area contributed by atoms with Crippen molar-refractivity contribution < 1.29 is 29.0 Å². The van der Waals surface area contributed by atoms with Crippen LogP contribution in [0, 0.1) is 0 Å². The third-order valence-corrected chi connectivity index (χ3v) is 4.94. The summed E-state index contributed by atoms with van der Waals surface area (Å²) >= 11 is 0. The van der Waals surface area contributed by atoms with Crippen molar-refractivity contribution in [1.82, 2.24) is 5.43 Å². The number of hydrogen-bond donors (Lipinski definition) is 2. The molecule has 4 aromatic rings. The van der Waals surface area contributed by atoms with Crippen molar-refractivity contribution in [3.63, 3.8) is 0 Å². The summed E-state index contributed by atoms with van der Waals surface area (Å²) in [5.41, 5.74) is 3.37. The van der Waals surface area contributed by atoms with Gasteiger partial charge in [0.15, 0.2) is 0 Å². The summed E-state index contributed by atoms with van der Waals surface area (Å²) in [5.74, 6) is -1.81. The van der Waals surface area contributed by atoms with Crippen LogP contribution in [0.5, 0.6) is 17.2 Å². The summed E-state index contributed by atoms with van der Waals surface area (Å²) < 4.78 is 11.0. The highest BCUT2D eigenvalue weighted by Crippen LogP contribution is 2.26. The highest BCUT2D eigenvalue weighted by Gasteiger charge is 2.15. The van der Waals surface area contributed by atoms with Crippen molar-refractivity contribution in [1.29, 1.82) is 0 Å². The molecule has 0 heterocycles. The Morgan fingerprint density at radius 2 is 1.31 bits per heavy atom. The van der Waals surface area contributed by atoms with Gasteiger partial charge in [0.1, 0.15) is 17.2 Å². The fraction of sp³-hybridized carbons (Fsp3) is 0. The summed E-state index contributed by atoms with van der Waals surface area (Å²) in [7, 11) is 0. The largest absolute Gasteiger partial charge is 0.507 e. The maximum Gasteiger partial charge on any atom is 0.343 e. The highest BCUT2D eigenvalue weighted by atomic mass is 16.5. The first-order chi connectivity index (χ1) is 17.5. The van der Waals surface area contributed by atoms with Gasteiger partial charge in [-0.15, -0.1) is 0 Å². The molecule has 0 atom stereocenters. The number of para-hydroxylation sites is 1. The Balaban J connectivity index is 1.56. The first-order valence-corrected chi connectivity index (χ1v) is 10.8. The van der Waals surface area contributed by atoms with Crippen LogP contribution in [0.4, 0.5) is 0 Å². The number of hydrogen-bond acceptors (Lipinski definition) is 7. The number of aromatic hydroxyl groups is 1. The Labute approximate surface area is 206 Å². The lowest BCUT2D eigenvalue weighted by molar-refractivity contribution is 0.0731. The van der Waals surface area contributed by atoms with Crippen LogP contribution in [0.3, 0.4) is 0 Å². The topological polar surface area (TPSA) is 114 Å². The number of nitrogens with one attached hydrogen (secondary N) is 1. The summed E-state index contributed by atoms with van der Waals surface area (Å²) in [6.45, 7) is 0. The first kappa shape index (κ1) is 23.9. The quantitative estimate of drug-likeness (QED) is 0.173. The third kappa shape index (κ3) is 6.00. The number of hydrazone groups is 1. The predicted molar refractivity (Wildman–Crippen MR) is 132 cm³/mol. The Morgan fingerprint density at radius 3 is 1.94 bits per heavy atom. The van der Waals surface area contributed by atoms with E-state index in [-0.39, 0.29) is 22.8 Å². The fourth-order valence-electron chi connectivity index (χ4n) is 3.13. The van der Waals surface area contributed by atoms with Gasteiger partial charge in [-0.05, 0) is 48.5 Å². The standard InChI is InChI=1S/C28H20N2O6/c31-24-14-8-7-13-23(24)26(32)30-29-18-21-15-16-22(35-27(33)19-9-3-1-4-10-19)17-25(21)36-28(34)20-11-5-2-6-12-20/h1-18,31H,(H,30,32). The Bertz CT molecular complexity index is 1420. The van der Waals surface area contributed by atoms with Crippen LogP contribution in [0.15, 0.2) is 108 Å². The zero-order valence-electron chi connectivity index (χ0n) is 18.8. The number of phenolic OH excluding ortho intramolecular Hbond substituents is 1. The Hall–Kier alpha value is -5.24. The second-order valence-corrected chi connectivity index (χ2v) is 7.43. The number of amides is 1. The van der Waals surface area contributed by atoms with E-state index in [1.54, 1.807) is 72.8 Å². The molecule has 8 heteroatoms. The third-order valence-electron chi connectivity index (χ3n) is 4.94. The van der Waals surface area contributed by atoms with Crippen LogP contribution < -0.4 is 14.9 Å². The molecule has 0 fully saturated rings. The number of phenols is 1. The average molecular weight is 480 g/mol. The Morgan fingerprint density at radius 1 is 0.722 bits per heavy atom. The molecule has 4 rings (SSSR count). The molecule has 0 unspecified atom stereocenters. The molecule has 4 aromatic carbocycles. The minimum absolute atomic E-state index is 0.0496. The number of ether oxygens (including phenoxy) is 2. The minimum atomic E-state index is -0.630. The van der Waals surface area contributed by atoms with E-state index in [0.29, 0.717) is 16.7 Å². The average Bonchev–Trinajstić information content (AvgIpc) is 2.91. The summed E-state index contributed by atoms with van der Waals surface area (Å²) in [4.78, 5) is 37.4. The lowest BCUT2D eigenvalue weighted by Gasteiger charge is -2.10. The molecule has 36 heavy (non-hydrogen) atoms. The lowest BCUT2D eigenvalue weighted by atomic mass is 10.2. The lowest BCUT2D eigenvalue weighted by Crippen LogP contribution is -2.18. The van der Waals surface area contributed by atoms with Crippen molar-refractivity contribution in [3.05, 3.63) is 125 Å². The highest BCUT2D eigenvalue weighted by molar-refractivity contribution is 5.98. The van der Waals surface area contributed by atoms with Crippen LogP contribution in [0.2, 0.25) is 0 Å². The van der Waals surface area contributed by atoms with Crippen molar-refractivity contribution in [2.45, 2.75) is 0 Å². The van der Waals surface area contributed by atoms with E-state index in [1.807, 2.05) is 0 Å². The van der Waals surface area contributed by atoms with Gasteiger partial charge in [-0.1, -0.05) is 48.5 Å².